The Morgan fingerprint density at radius 3 is 2.77 bits per heavy atom. The summed E-state index contributed by atoms with van der Waals surface area (Å²) in [6.45, 7) is 4.57. The Morgan fingerprint density at radius 1 is 1.31 bits per heavy atom. The zero-order valence-corrected chi connectivity index (χ0v) is 15.9. The van der Waals surface area contributed by atoms with Crippen LogP contribution in [-0.4, -0.2) is 36.7 Å². The number of hydrogen-bond donors (Lipinski definition) is 0. The number of benzene rings is 1. The molecule has 0 saturated carbocycles. The summed E-state index contributed by atoms with van der Waals surface area (Å²) < 4.78 is 16.1. The maximum atomic E-state index is 12.9. The largest absolute Gasteiger partial charge is 0.497 e. The van der Waals surface area contributed by atoms with Gasteiger partial charge in [0.05, 0.1) is 26.0 Å². The number of amides is 1. The van der Waals surface area contributed by atoms with Gasteiger partial charge < -0.3 is 18.9 Å². The maximum absolute atomic E-state index is 12.9. The zero-order chi connectivity index (χ0) is 18.7. The van der Waals surface area contributed by atoms with Crippen molar-refractivity contribution in [3.63, 3.8) is 0 Å². The van der Waals surface area contributed by atoms with Gasteiger partial charge in [0.2, 0.25) is 5.91 Å². The molecule has 0 bridgehead atoms. The van der Waals surface area contributed by atoms with Gasteiger partial charge in [-0.1, -0.05) is 5.16 Å². The predicted molar refractivity (Wildman–Crippen MR) is 97.5 cm³/mol. The highest BCUT2D eigenvalue weighted by molar-refractivity contribution is 5.77. The van der Waals surface area contributed by atoms with Crippen LogP contribution in [0.3, 0.4) is 0 Å². The minimum absolute atomic E-state index is 0.0252. The summed E-state index contributed by atoms with van der Waals surface area (Å²) in [6.07, 6.45) is 3.02. The van der Waals surface area contributed by atoms with Gasteiger partial charge in [-0.15, -0.1) is 0 Å². The lowest BCUT2D eigenvalue weighted by atomic mass is 10.0. The molecule has 1 saturated heterocycles. The van der Waals surface area contributed by atoms with Gasteiger partial charge in [0, 0.05) is 24.1 Å². The molecule has 0 aliphatic carbocycles. The molecule has 0 radical (unpaired) electrons. The Morgan fingerprint density at radius 2 is 2.12 bits per heavy atom. The smallest absolute Gasteiger partial charge is 0.223 e. The molecule has 1 atom stereocenters. The van der Waals surface area contributed by atoms with Crippen molar-refractivity contribution in [2.24, 2.45) is 0 Å². The third-order valence-electron chi connectivity index (χ3n) is 5.14. The number of carbonyl (C=O) groups is 1. The number of aromatic nitrogens is 1. The van der Waals surface area contributed by atoms with Crippen LogP contribution in [0, 0.1) is 13.8 Å². The Balaban J connectivity index is 1.76. The normalized spacial score (nSPS) is 16.8. The summed E-state index contributed by atoms with van der Waals surface area (Å²) in [6, 6.07) is 5.78. The first-order chi connectivity index (χ1) is 12.5. The third kappa shape index (κ3) is 3.54. The highest BCUT2D eigenvalue weighted by Gasteiger charge is 2.32. The molecule has 1 aliphatic heterocycles. The number of likely N-dealkylation sites (tertiary alicyclic amines) is 1. The Labute approximate surface area is 154 Å². The average molecular weight is 358 g/mol. The van der Waals surface area contributed by atoms with Crippen molar-refractivity contribution >= 4 is 5.91 Å². The van der Waals surface area contributed by atoms with Crippen LogP contribution < -0.4 is 9.47 Å². The predicted octanol–water partition coefficient (Wildman–Crippen LogP) is 3.60. The van der Waals surface area contributed by atoms with E-state index in [1.54, 1.807) is 14.2 Å². The summed E-state index contributed by atoms with van der Waals surface area (Å²) in [4.78, 5) is 14.9. The van der Waals surface area contributed by atoms with Gasteiger partial charge in [0.1, 0.15) is 17.3 Å². The lowest BCUT2D eigenvalue weighted by Gasteiger charge is -2.27. The standard InChI is InChI=1S/C20H26N2O4/c1-13-16(14(2)26-21-13)8-10-20(23)22-11-5-6-18(22)17-12-15(24-3)7-9-19(17)25-4/h7,9,12,18H,5-6,8,10-11H2,1-4H3. The summed E-state index contributed by atoms with van der Waals surface area (Å²) in [5, 5.41) is 3.97. The van der Waals surface area contributed by atoms with Crippen molar-refractivity contribution in [1.29, 1.82) is 0 Å². The molecule has 1 unspecified atom stereocenters. The molecule has 1 aliphatic rings. The minimum atomic E-state index is 0.0252. The number of hydrogen-bond acceptors (Lipinski definition) is 5. The monoisotopic (exact) mass is 358 g/mol. The van der Waals surface area contributed by atoms with Crippen LogP contribution in [-0.2, 0) is 11.2 Å². The minimum Gasteiger partial charge on any atom is -0.497 e. The van der Waals surface area contributed by atoms with Gasteiger partial charge >= 0.3 is 0 Å². The first kappa shape index (κ1) is 18.3. The number of aryl methyl sites for hydroxylation is 2. The SMILES string of the molecule is COc1ccc(OC)c(C2CCCN2C(=O)CCc2c(C)noc2C)c1. The summed E-state index contributed by atoms with van der Waals surface area (Å²) in [5.74, 6) is 2.51. The van der Waals surface area contributed by atoms with Crippen LogP contribution in [0.4, 0.5) is 0 Å². The molecule has 1 fully saturated rings. The fourth-order valence-electron chi connectivity index (χ4n) is 3.72. The quantitative estimate of drug-likeness (QED) is 0.789. The lowest BCUT2D eigenvalue weighted by Crippen LogP contribution is -2.31. The number of methoxy groups -OCH3 is 2. The number of nitrogens with zero attached hydrogens (tertiary/aromatic N) is 2. The fraction of sp³-hybridized carbons (Fsp3) is 0.500. The van der Waals surface area contributed by atoms with Gasteiger partial charge in [-0.05, 0) is 51.3 Å². The van der Waals surface area contributed by atoms with E-state index in [2.05, 4.69) is 5.16 Å². The highest BCUT2D eigenvalue weighted by Crippen LogP contribution is 2.39. The van der Waals surface area contributed by atoms with Crippen molar-refractivity contribution in [1.82, 2.24) is 10.1 Å². The molecule has 6 nitrogen and oxygen atoms in total. The zero-order valence-electron chi connectivity index (χ0n) is 15.9. The van der Waals surface area contributed by atoms with Gasteiger partial charge in [-0.25, -0.2) is 0 Å². The van der Waals surface area contributed by atoms with Gasteiger partial charge in [0.15, 0.2) is 0 Å². The molecule has 1 aromatic carbocycles. The molecule has 0 N–H and O–H groups in total. The van der Waals surface area contributed by atoms with Crippen molar-refractivity contribution in [2.75, 3.05) is 20.8 Å². The van der Waals surface area contributed by atoms with Gasteiger partial charge in [0.25, 0.3) is 0 Å². The Bertz CT molecular complexity index is 765. The number of carbonyl (C=O) groups excluding carboxylic acids is 1. The van der Waals surface area contributed by atoms with E-state index in [0.29, 0.717) is 12.8 Å². The Kier molecular flexibility index (Phi) is 5.49. The molecule has 2 heterocycles. The Hall–Kier alpha value is -2.50. The van der Waals surface area contributed by atoms with Crippen molar-refractivity contribution in [3.8, 4) is 11.5 Å². The van der Waals surface area contributed by atoms with E-state index < -0.39 is 0 Å². The second-order valence-electron chi connectivity index (χ2n) is 6.66. The first-order valence-electron chi connectivity index (χ1n) is 8.98. The van der Waals surface area contributed by atoms with E-state index in [9.17, 15) is 4.79 Å². The van der Waals surface area contributed by atoms with E-state index in [1.165, 1.54) is 0 Å². The molecule has 1 amide bonds. The van der Waals surface area contributed by atoms with E-state index in [1.807, 2.05) is 36.9 Å². The van der Waals surface area contributed by atoms with E-state index in [0.717, 1.165) is 53.5 Å². The van der Waals surface area contributed by atoms with Crippen LogP contribution >= 0.6 is 0 Å². The average Bonchev–Trinajstić information content (AvgIpc) is 3.26. The third-order valence-corrected chi connectivity index (χ3v) is 5.14. The second kappa shape index (κ2) is 7.81. The highest BCUT2D eigenvalue weighted by atomic mass is 16.5. The van der Waals surface area contributed by atoms with E-state index >= 15 is 0 Å². The van der Waals surface area contributed by atoms with E-state index in [-0.39, 0.29) is 11.9 Å². The van der Waals surface area contributed by atoms with Crippen LogP contribution in [0.2, 0.25) is 0 Å². The molecule has 2 aromatic rings. The maximum Gasteiger partial charge on any atom is 0.223 e. The van der Waals surface area contributed by atoms with Crippen LogP contribution in [0.15, 0.2) is 22.7 Å². The van der Waals surface area contributed by atoms with Gasteiger partial charge in [-0.3, -0.25) is 4.79 Å². The topological polar surface area (TPSA) is 64.8 Å². The summed E-state index contributed by atoms with van der Waals surface area (Å²) in [5.41, 5.74) is 2.91. The van der Waals surface area contributed by atoms with Crippen LogP contribution in [0.25, 0.3) is 0 Å². The van der Waals surface area contributed by atoms with Crippen molar-refractivity contribution < 1.29 is 18.8 Å². The van der Waals surface area contributed by atoms with Crippen molar-refractivity contribution in [3.05, 3.63) is 40.8 Å². The van der Waals surface area contributed by atoms with Crippen molar-refractivity contribution in [2.45, 2.75) is 45.6 Å². The molecule has 6 heteroatoms. The molecule has 3 rings (SSSR count). The summed E-state index contributed by atoms with van der Waals surface area (Å²) in [7, 11) is 3.30. The second-order valence-corrected chi connectivity index (χ2v) is 6.66. The van der Waals surface area contributed by atoms with E-state index in [4.69, 9.17) is 14.0 Å². The first-order valence-corrected chi connectivity index (χ1v) is 8.98. The molecule has 140 valence electrons. The molecule has 0 spiro atoms. The van der Waals surface area contributed by atoms with Crippen LogP contribution in [0.5, 0.6) is 11.5 Å². The molecule has 26 heavy (non-hydrogen) atoms. The van der Waals surface area contributed by atoms with Gasteiger partial charge in [-0.2, -0.15) is 0 Å². The summed E-state index contributed by atoms with van der Waals surface area (Å²) >= 11 is 0. The fourth-order valence-corrected chi connectivity index (χ4v) is 3.72. The number of rotatable bonds is 6. The lowest BCUT2D eigenvalue weighted by molar-refractivity contribution is -0.132. The molecular formula is C20H26N2O4. The molecular weight excluding hydrogens is 332 g/mol. The van der Waals surface area contributed by atoms with Crippen LogP contribution in [0.1, 0.15) is 47.9 Å². The number of ether oxygens (including phenoxy) is 2. The molecule has 1 aromatic heterocycles.